The number of rotatable bonds is 5. The van der Waals surface area contributed by atoms with Crippen LogP contribution in [-0.4, -0.2) is 32.9 Å². The number of fused-ring (bicyclic) bond motifs is 1. The van der Waals surface area contributed by atoms with E-state index in [1.54, 1.807) is 0 Å². The Labute approximate surface area is 214 Å². The summed E-state index contributed by atoms with van der Waals surface area (Å²) in [7, 11) is 0. The van der Waals surface area contributed by atoms with Gasteiger partial charge in [0.05, 0.1) is 12.6 Å². The molecule has 188 valence electrons. The zero-order valence-electron chi connectivity index (χ0n) is 21.5. The van der Waals surface area contributed by atoms with Crippen molar-refractivity contribution in [1.29, 1.82) is 0 Å². The van der Waals surface area contributed by atoms with Crippen molar-refractivity contribution in [3.05, 3.63) is 84.1 Å². The Morgan fingerprint density at radius 1 is 0.861 bits per heavy atom. The van der Waals surface area contributed by atoms with Gasteiger partial charge in [-0.3, -0.25) is 9.59 Å². The second-order valence-corrected chi connectivity index (χ2v) is 10.6. The van der Waals surface area contributed by atoms with Crippen molar-refractivity contribution in [2.75, 3.05) is 0 Å². The molecule has 1 N–H and O–H groups in total. The largest absolute Gasteiger partial charge is 0.351 e. The quantitative estimate of drug-likeness (QED) is 0.459. The predicted octanol–water partition coefficient (Wildman–Crippen LogP) is 6.36. The lowest BCUT2D eigenvalue weighted by Crippen LogP contribution is -2.65. The van der Waals surface area contributed by atoms with Crippen molar-refractivity contribution < 1.29 is 9.59 Å². The smallest absolute Gasteiger partial charge is 0.271 e. The average Bonchev–Trinajstić information content (AvgIpc) is 3.30. The van der Waals surface area contributed by atoms with Crippen molar-refractivity contribution in [3.63, 3.8) is 0 Å². The average molecular weight is 484 g/mol. The number of amides is 2. The van der Waals surface area contributed by atoms with Gasteiger partial charge in [-0.25, -0.2) is 0 Å². The van der Waals surface area contributed by atoms with Gasteiger partial charge < -0.3 is 14.8 Å². The van der Waals surface area contributed by atoms with Crippen molar-refractivity contribution in [1.82, 2.24) is 14.8 Å². The second-order valence-electron chi connectivity index (χ2n) is 10.6. The minimum atomic E-state index is -1.02. The molecule has 1 fully saturated rings. The van der Waals surface area contributed by atoms with Gasteiger partial charge in [0.15, 0.2) is 0 Å². The molecule has 3 aromatic rings. The number of nitrogens with one attached hydrogen (secondary N) is 1. The van der Waals surface area contributed by atoms with Crippen molar-refractivity contribution in [2.45, 2.75) is 83.0 Å². The minimum absolute atomic E-state index is 0.0532. The summed E-state index contributed by atoms with van der Waals surface area (Å²) >= 11 is 0. The number of hydrogen-bond donors (Lipinski definition) is 1. The van der Waals surface area contributed by atoms with E-state index < -0.39 is 5.54 Å². The summed E-state index contributed by atoms with van der Waals surface area (Å²) in [5.74, 6) is -0.155. The maximum absolute atomic E-state index is 14.1. The summed E-state index contributed by atoms with van der Waals surface area (Å²) in [6.07, 6.45) is 8.05. The van der Waals surface area contributed by atoms with E-state index in [1.165, 1.54) is 19.3 Å². The van der Waals surface area contributed by atoms with Gasteiger partial charge in [-0.05, 0) is 49.9 Å². The number of aromatic nitrogens is 1. The maximum atomic E-state index is 14.1. The summed E-state index contributed by atoms with van der Waals surface area (Å²) < 4.78 is 2.05. The van der Waals surface area contributed by atoms with Gasteiger partial charge in [-0.1, -0.05) is 92.8 Å². The van der Waals surface area contributed by atoms with Crippen LogP contribution in [-0.2, 0) is 11.3 Å². The Kier molecular flexibility index (Phi) is 6.99. The molecule has 1 aliphatic carbocycles. The molecule has 0 unspecified atom stereocenters. The third-order valence-corrected chi connectivity index (χ3v) is 8.08. The first kappa shape index (κ1) is 24.4. The van der Waals surface area contributed by atoms with Gasteiger partial charge in [-0.15, -0.1) is 0 Å². The highest BCUT2D eigenvalue weighted by Crippen LogP contribution is 2.38. The highest BCUT2D eigenvalue weighted by atomic mass is 16.2. The van der Waals surface area contributed by atoms with E-state index >= 15 is 0 Å². The molecule has 5 nitrogen and oxygen atoms in total. The van der Waals surface area contributed by atoms with Crippen LogP contribution < -0.4 is 5.32 Å². The molecule has 2 amide bonds. The third-order valence-electron chi connectivity index (χ3n) is 8.08. The molecule has 2 aromatic carbocycles. The van der Waals surface area contributed by atoms with Gasteiger partial charge >= 0.3 is 0 Å². The zero-order valence-corrected chi connectivity index (χ0v) is 21.5. The van der Waals surface area contributed by atoms with E-state index in [4.69, 9.17) is 0 Å². The summed E-state index contributed by atoms with van der Waals surface area (Å²) in [6, 6.07) is 24.0. The van der Waals surface area contributed by atoms with E-state index in [0.717, 1.165) is 42.5 Å². The molecular weight excluding hydrogens is 446 g/mol. The van der Waals surface area contributed by atoms with Gasteiger partial charge in [-0.2, -0.15) is 0 Å². The normalized spacial score (nSPS) is 21.8. The molecule has 1 aliphatic heterocycles. The molecule has 2 aliphatic rings. The van der Waals surface area contributed by atoms with Crippen LogP contribution in [0.15, 0.2) is 72.8 Å². The molecular formula is C31H37N3O2. The van der Waals surface area contributed by atoms with Crippen LogP contribution in [0.2, 0.25) is 0 Å². The molecule has 0 saturated heterocycles. The molecule has 2 atom stereocenters. The molecule has 2 heterocycles. The van der Waals surface area contributed by atoms with Crippen molar-refractivity contribution in [3.8, 4) is 11.3 Å². The molecule has 5 rings (SSSR count). The topological polar surface area (TPSA) is 54.3 Å². The van der Waals surface area contributed by atoms with E-state index in [1.807, 2.05) is 84.0 Å². The SMILES string of the molecule is C[C@H](c1ccccc1)N1C(=O)c2ccc(-c3ccccc3)n2C[C@@]1(C)C(=O)NC1CCCCCCC1. The van der Waals surface area contributed by atoms with Crippen LogP contribution in [0.3, 0.4) is 0 Å². The monoisotopic (exact) mass is 483 g/mol. The maximum Gasteiger partial charge on any atom is 0.271 e. The zero-order chi connectivity index (χ0) is 25.1. The highest BCUT2D eigenvalue weighted by molar-refractivity contribution is 6.01. The molecule has 0 radical (unpaired) electrons. The number of nitrogens with zero attached hydrogens (tertiary/aromatic N) is 2. The Morgan fingerprint density at radius 3 is 2.11 bits per heavy atom. The van der Waals surface area contributed by atoms with E-state index in [0.29, 0.717) is 12.2 Å². The van der Waals surface area contributed by atoms with Crippen LogP contribution in [0.5, 0.6) is 0 Å². The molecule has 36 heavy (non-hydrogen) atoms. The number of benzene rings is 2. The lowest BCUT2D eigenvalue weighted by molar-refractivity contribution is -0.135. The van der Waals surface area contributed by atoms with Crippen LogP contribution in [0, 0.1) is 0 Å². The lowest BCUT2D eigenvalue weighted by atomic mass is 9.89. The standard InChI is InChI=1S/C31H37N3O2/c1-23(24-14-8-6-9-15-24)34-29(35)28-21-20-27(25-16-10-7-11-17-25)33(28)22-31(34,2)30(36)32-26-18-12-4-3-5-13-19-26/h6-11,14-17,20-21,23,26H,3-5,12-13,18-19,22H2,1-2H3,(H,32,36)/t23-,31+/m1/s1. The molecule has 1 aromatic heterocycles. The van der Waals surface area contributed by atoms with Crippen LogP contribution in [0.1, 0.15) is 80.9 Å². The fourth-order valence-electron chi connectivity index (χ4n) is 6.02. The first-order chi connectivity index (χ1) is 17.5. The van der Waals surface area contributed by atoms with Crippen LogP contribution in [0.4, 0.5) is 0 Å². The van der Waals surface area contributed by atoms with E-state index in [-0.39, 0.29) is 23.9 Å². The predicted molar refractivity (Wildman–Crippen MR) is 144 cm³/mol. The van der Waals surface area contributed by atoms with E-state index in [2.05, 4.69) is 17.4 Å². The van der Waals surface area contributed by atoms with Crippen LogP contribution >= 0.6 is 0 Å². The summed E-state index contributed by atoms with van der Waals surface area (Å²) in [6.45, 7) is 4.40. The number of carbonyl (C=O) groups excluding carboxylic acids is 2. The molecule has 1 saturated carbocycles. The summed E-state index contributed by atoms with van der Waals surface area (Å²) in [4.78, 5) is 30.1. The molecule has 0 bridgehead atoms. The van der Waals surface area contributed by atoms with E-state index in [9.17, 15) is 9.59 Å². The van der Waals surface area contributed by atoms with Gasteiger partial charge in [0, 0.05) is 11.7 Å². The number of carbonyl (C=O) groups is 2. The fourth-order valence-corrected chi connectivity index (χ4v) is 6.02. The van der Waals surface area contributed by atoms with Gasteiger partial charge in [0.25, 0.3) is 5.91 Å². The van der Waals surface area contributed by atoms with Crippen molar-refractivity contribution in [2.24, 2.45) is 0 Å². The first-order valence-corrected chi connectivity index (χ1v) is 13.4. The van der Waals surface area contributed by atoms with Crippen molar-refractivity contribution >= 4 is 11.8 Å². The Morgan fingerprint density at radius 2 is 1.44 bits per heavy atom. The van der Waals surface area contributed by atoms with Gasteiger partial charge in [0.2, 0.25) is 5.91 Å². The highest BCUT2D eigenvalue weighted by Gasteiger charge is 2.50. The fraction of sp³-hybridized carbons (Fsp3) is 0.419. The third kappa shape index (κ3) is 4.59. The molecule has 0 spiro atoms. The summed E-state index contributed by atoms with van der Waals surface area (Å²) in [5, 5.41) is 3.39. The van der Waals surface area contributed by atoms with Crippen LogP contribution in [0.25, 0.3) is 11.3 Å². The first-order valence-electron chi connectivity index (χ1n) is 13.4. The number of hydrogen-bond acceptors (Lipinski definition) is 2. The molecule has 5 heteroatoms. The summed E-state index contributed by atoms with van der Waals surface area (Å²) in [5.41, 5.74) is 2.65. The lowest BCUT2D eigenvalue weighted by Gasteiger charge is -2.48. The Bertz CT molecular complexity index is 1200. The Hall–Kier alpha value is -3.34. The minimum Gasteiger partial charge on any atom is -0.351 e. The Balaban J connectivity index is 1.54. The second kappa shape index (κ2) is 10.3. The van der Waals surface area contributed by atoms with Gasteiger partial charge in [0.1, 0.15) is 11.2 Å².